The second kappa shape index (κ2) is 11.0. The van der Waals surface area contributed by atoms with Crippen molar-refractivity contribution >= 4 is 35.1 Å². The molecular formula is C27H39ClN4O4. The Hall–Kier alpha value is -2.32. The quantitative estimate of drug-likeness (QED) is 0.583. The molecule has 0 aromatic heterocycles. The van der Waals surface area contributed by atoms with Crippen LogP contribution >= 0.6 is 11.6 Å². The van der Waals surface area contributed by atoms with E-state index in [1.807, 2.05) is 39.0 Å². The number of carbonyl (C=O) groups is 3. The second-order valence-electron chi connectivity index (χ2n) is 11.4. The fraction of sp³-hybridized carbons (Fsp3) is 0.667. The maximum Gasteiger partial charge on any atom is 0.312 e. The molecule has 1 aromatic carbocycles. The van der Waals surface area contributed by atoms with Crippen LogP contribution in [-0.2, 0) is 19.1 Å². The monoisotopic (exact) mass is 518 g/mol. The number of esters is 1. The molecule has 0 saturated carbocycles. The molecule has 1 spiro atoms. The van der Waals surface area contributed by atoms with Gasteiger partial charge in [-0.3, -0.25) is 19.3 Å². The van der Waals surface area contributed by atoms with E-state index >= 15 is 0 Å². The zero-order valence-electron chi connectivity index (χ0n) is 21.7. The second-order valence-corrected chi connectivity index (χ2v) is 11.9. The number of ether oxygens (including phenoxy) is 1. The Kier molecular flexibility index (Phi) is 8.15. The lowest BCUT2D eigenvalue weighted by Crippen LogP contribution is -2.49. The third-order valence-electron chi connectivity index (χ3n) is 7.79. The Morgan fingerprint density at radius 1 is 1.11 bits per heavy atom. The summed E-state index contributed by atoms with van der Waals surface area (Å²) in [7, 11) is 0. The van der Waals surface area contributed by atoms with E-state index in [0.29, 0.717) is 25.9 Å². The molecule has 3 aliphatic heterocycles. The van der Waals surface area contributed by atoms with Gasteiger partial charge in [0, 0.05) is 68.4 Å². The highest BCUT2D eigenvalue weighted by Gasteiger charge is 2.50. The largest absolute Gasteiger partial charge is 0.462 e. The number of hydrogen-bond donors (Lipinski definition) is 1. The number of rotatable bonds is 6. The van der Waals surface area contributed by atoms with Crippen LogP contribution in [0.3, 0.4) is 0 Å². The molecule has 3 saturated heterocycles. The van der Waals surface area contributed by atoms with Crippen molar-refractivity contribution in [2.24, 2.45) is 10.8 Å². The summed E-state index contributed by atoms with van der Waals surface area (Å²) in [5.74, 6) is -0.342. The van der Waals surface area contributed by atoms with Gasteiger partial charge in [-0.1, -0.05) is 38.4 Å². The third kappa shape index (κ3) is 6.32. The third-order valence-corrected chi connectivity index (χ3v) is 8.03. The highest BCUT2D eigenvalue weighted by Crippen LogP contribution is 2.44. The fourth-order valence-electron chi connectivity index (χ4n) is 5.35. The van der Waals surface area contributed by atoms with Gasteiger partial charge < -0.3 is 19.9 Å². The summed E-state index contributed by atoms with van der Waals surface area (Å²) in [6.07, 6.45) is 2.76. The van der Waals surface area contributed by atoms with E-state index in [1.54, 1.807) is 4.90 Å². The molecule has 9 heteroatoms. The average molecular weight is 519 g/mol. The van der Waals surface area contributed by atoms with Gasteiger partial charge in [0.25, 0.3) is 0 Å². The van der Waals surface area contributed by atoms with E-state index in [4.69, 9.17) is 16.3 Å². The van der Waals surface area contributed by atoms with Crippen LogP contribution in [0, 0.1) is 10.8 Å². The molecule has 3 fully saturated rings. The molecule has 1 N–H and O–H groups in total. The molecule has 8 nitrogen and oxygen atoms in total. The maximum absolute atomic E-state index is 12.8. The highest BCUT2D eigenvalue weighted by molar-refractivity contribution is 6.30. The van der Waals surface area contributed by atoms with E-state index in [0.717, 1.165) is 56.3 Å². The van der Waals surface area contributed by atoms with E-state index in [-0.39, 0.29) is 30.4 Å². The van der Waals surface area contributed by atoms with Gasteiger partial charge in [0.1, 0.15) is 6.10 Å². The van der Waals surface area contributed by atoms with Crippen LogP contribution in [0.15, 0.2) is 24.3 Å². The molecule has 2 amide bonds. The fourth-order valence-corrected chi connectivity index (χ4v) is 5.54. The van der Waals surface area contributed by atoms with Crippen molar-refractivity contribution in [3.8, 4) is 0 Å². The summed E-state index contributed by atoms with van der Waals surface area (Å²) in [6, 6.07) is 7.99. The van der Waals surface area contributed by atoms with Crippen molar-refractivity contribution in [1.82, 2.24) is 15.1 Å². The number of cyclic esters (lactones) is 1. The number of piperidine rings is 1. The number of halogens is 1. The molecule has 0 radical (unpaired) electrons. The summed E-state index contributed by atoms with van der Waals surface area (Å²) in [5, 5.41) is 3.48. The summed E-state index contributed by atoms with van der Waals surface area (Å²) in [5.41, 5.74) is 0.162. The Labute approximate surface area is 219 Å². The topological polar surface area (TPSA) is 82.2 Å². The number of likely N-dealkylation sites (tertiary alicyclic amines) is 1. The van der Waals surface area contributed by atoms with Gasteiger partial charge in [-0.15, -0.1) is 0 Å². The Morgan fingerprint density at radius 3 is 2.44 bits per heavy atom. The number of piperazine rings is 1. The predicted molar refractivity (Wildman–Crippen MR) is 140 cm³/mol. The van der Waals surface area contributed by atoms with Crippen LogP contribution < -0.4 is 10.2 Å². The van der Waals surface area contributed by atoms with E-state index in [2.05, 4.69) is 21.2 Å². The van der Waals surface area contributed by atoms with Gasteiger partial charge in [0.2, 0.25) is 11.8 Å². The molecule has 3 heterocycles. The molecule has 1 unspecified atom stereocenters. The summed E-state index contributed by atoms with van der Waals surface area (Å²) in [6.45, 7) is 11.3. The van der Waals surface area contributed by atoms with E-state index < -0.39 is 10.8 Å². The molecule has 0 aliphatic carbocycles. The van der Waals surface area contributed by atoms with Crippen LogP contribution in [0.4, 0.5) is 5.69 Å². The number of anilines is 1. The van der Waals surface area contributed by atoms with Crippen molar-refractivity contribution in [2.45, 2.75) is 52.6 Å². The Balaban J connectivity index is 1.18. The number of carbonyl (C=O) groups excluding carboxylic acids is 3. The molecule has 1 aromatic rings. The average Bonchev–Trinajstić information content (AvgIpc) is 3.15. The van der Waals surface area contributed by atoms with Gasteiger partial charge >= 0.3 is 5.97 Å². The maximum atomic E-state index is 12.8. The molecule has 3 aliphatic rings. The first-order chi connectivity index (χ1) is 17.1. The standard InChI is InChI=1S/C27H39ClN4O4/c1-26(2,3)24(34)29-19-23(33)32-11-8-27(9-12-32)18-22(36-25(27)35)7-10-30-13-15-31(16-14-30)21-6-4-5-20(28)17-21/h4-6,17,22H,7-16,18-19H2,1-3H3,(H,29,34). The molecule has 36 heavy (non-hydrogen) atoms. The molecular weight excluding hydrogens is 480 g/mol. The minimum absolute atomic E-state index is 0.000744. The van der Waals surface area contributed by atoms with E-state index in [1.165, 1.54) is 0 Å². The van der Waals surface area contributed by atoms with Crippen molar-refractivity contribution in [1.29, 1.82) is 0 Å². The number of benzene rings is 1. The smallest absolute Gasteiger partial charge is 0.312 e. The first-order valence-corrected chi connectivity index (χ1v) is 13.4. The lowest BCUT2D eigenvalue weighted by molar-refractivity contribution is -0.152. The van der Waals surface area contributed by atoms with E-state index in [9.17, 15) is 14.4 Å². The molecule has 0 bridgehead atoms. The van der Waals surface area contributed by atoms with Gasteiger partial charge in [0.05, 0.1) is 12.0 Å². The number of amides is 2. The van der Waals surface area contributed by atoms with Crippen molar-refractivity contribution in [2.75, 3.05) is 57.3 Å². The van der Waals surface area contributed by atoms with Crippen LogP contribution in [0.1, 0.15) is 46.5 Å². The van der Waals surface area contributed by atoms with Gasteiger partial charge in [-0.05, 0) is 37.5 Å². The first kappa shape index (κ1) is 26.7. The van der Waals surface area contributed by atoms with Crippen LogP contribution in [-0.4, -0.2) is 86.0 Å². The summed E-state index contributed by atoms with van der Waals surface area (Å²) >= 11 is 6.14. The normalized spacial score (nSPS) is 22.6. The predicted octanol–water partition coefficient (Wildman–Crippen LogP) is 2.94. The summed E-state index contributed by atoms with van der Waals surface area (Å²) in [4.78, 5) is 44.0. The van der Waals surface area contributed by atoms with Gasteiger partial charge in [0.15, 0.2) is 0 Å². The number of nitrogens with one attached hydrogen (secondary N) is 1. The number of hydrogen-bond acceptors (Lipinski definition) is 6. The minimum atomic E-state index is -0.529. The zero-order chi connectivity index (χ0) is 25.9. The molecule has 1 atom stereocenters. The van der Waals surface area contributed by atoms with Gasteiger partial charge in [-0.2, -0.15) is 0 Å². The van der Waals surface area contributed by atoms with Crippen LogP contribution in [0.25, 0.3) is 0 Å². The Morgan fingerprint density at radius 2 is 1.81 bits per heavy atom. The first-order valence-electron chi connectivity index (χ1n) is 13.1. The highest BCUT2D eigenvalue weighted by atomic mass is 35.5. The minimum Gasteiger partial charge on any atom is -0.462 e. The van der Waals surface area contributed by atoms with Crippen LogP contribution in [0.5, 0.6) is 0 Å². The SMILES string of the molecule is CC(C)(C)C(=O)NCC(=O)N1CCC2(CC1)CC(CCN1CCN(c3cccc(Cl)c3)CC1)OC2=O. The van der Waals surface area contributed by atoms with Crippen molar-refractivity contribution in [3.63, 3.8) is 0 Å². The van der Waals surface area contributed by atoms with Crippen LogP contribution in [0.2, 0.25) is 5.02 Å². The zero-order valence-corrected chi connectivity index (χ0v) is 22.5. The lowest BCUT2D eigenvalue weighted by Gasteiger charge is -2.37. The van der Waals surface area contributed by atoms with Crippen molar-refractivity contribution in [3.05, 3.63) is 29.3 Å². The van der Waals surface area contributed by atoms with Crippen molar-refractivity contribution < 1.29 is 19.1 Å². The molecule has 4 rings (SSSR count). The summed E-state index contributed by atoms with van der Waals surface area (Å²) < 4.78 is 5.81. The molecule has 198 valence electrons. The number of nitrogens with zero attached hydrogens (tertiary/aromatic N) is 3. The lowest BCUT2D eigenvalue weighted by atomic mass is 9.75. The van der Waals surface area contributed by atoms with Gasteiger partial charge in [-0.25, -0.2) is 0 Å². The Bertz CT molecular complexity index is 963.